The number of nitro groups is 1. The summed E-state index contributed by atoms with van der Waals surface area (Å²) in [4.78, 5) is 9.61. The molecule has 0 atom stereocenters. The van der Waals surface area contributed by atoms with Crippen LogP contribution in [-0.4, -0.2) is 32.4 Å². The quantitative estimate of drug-likeness (QED) is 0.590. The molecule has 1 aromatic carbocycles. The maximum Gasteiger partial charge on any atom is 0.273 e. The average molecular weight is 360 g/mol. The number of benzene rings is 1. The van der Waals surface area contributed by atoms with Gasteiger partial charge in [-0.15, -0.1) is 12.4 Å². The van der Waals surface area contributed by atoms with Crippen molar-refractivity contribution in [3.63, 3.8) is 0 Å². The van der Waals surface area contributed by atoms with Gasteiger partial charge in [0, 0.05) is 12.1 Å². The molecule has 0 saturated carbocycles. The first-order valence-electron chi connectivity index (χ1n) is 5.83. The van der Waals surface area contributed by atoms with Crippen molar-refractivity contribution < 1.29 is 22.1 Å². The van der Waals surface area contributed by atoms with Crippen LogP contribution >= 0.6 is 12.4 Å². The van der Waals surface area contributed by atoms with E-state index in [1.165, 1.54) is 19.9 Å². The minimum atomic E-state index is -4.30. The SMILES string of the molecule is Cc1cc([N+](=O)[O-])cc(S(=O)(=O)NCC(F)(F)CN)c1C.Cl. The molecular formula is C11H16ClF2N3O4S. The Kier molecular flexibility index (Phi) is 6.82. The van der Waals surface area contributed by atoms with Gasteiger partial charge in [-0.3, -0.25) is 10.1 Å². The van der Waals surface area contributed by atoms with Crippen LogP contribution in [0.4, 0.5) is 14.5 Å². The molecule has 11 heteroatoms. The first-order chi connectivity index (χ1) is 9.50. The van der Waals surface area contributed by atoms with Gasteiger partial charge < -0.3 is 5.73 Å². The molecule has 0 aromatic heterocycles. The number of halogens is 3. The van der Waals surface area contributed by atoms with Crippen LogP contribution in [0.2, 0.25) is 0 Å². The topological polar surface area (TPSA) is 115 Å². The number of sulfonamides is 1. The number of hydrogen-bond acceptors (Lipinski definition) is 5. The molecule has 0 unspecified atom stereocenters. The highest BCUT2D eigenvalue weighted by molar-refractivity contribution is 7.89. The van der Waals surface area contributed by atoms with Gasteiger partial charge in [0.15, 0.2) is 0 Å². The Morgan fingerprint density at radius 1 is 1.36 bits per heavy atom. The minimum Gasteiger partial charge on any atom is -0.325 e. The monoisotopic (exact) mass is 359 g/mol. The Bertz CT molecular complexity index is 668. The Balaban J connectivity index is 0.00000441. The molecule has 1 aromatic rings. The van der Waals surface area contributed by atoms with E-state index < -0.39 is 44.5 Å². The van der Waals surface area contributed by atoms with Crippen LogP contribution < -0.4 is 10.5 Å². The van der Waals surface area contributed by atoms with E-state index in [2.05, 4.69) is 0 Å². The molecule has 126 valence electrons. The van der Waals surface area contributed by atoms with E-state index in [9.17, 15) is 27.3 Å². The summed E-state index contributed by atoms with van der Waals surface area (Å²) in [5, 5.41) is 10.8. The van der Waals surface area contributed by atoms with E-state index in [0.717, 1.165) is 6.07 Å². The number of nitrogens with one attached hydrogen (secondary N) is 1. The van der Waals surface area contributed by atoms with E-state index >= 15 is 0 Å². The molecule has 0 bridgehead atoms. The highest BCUT2D eigenvalue weighted by Gasteiger charge is 2.30. The molecule has 0 saturated heterocycles. The van der Waals surface area contributed by atoms with Gasteiger partial charge in [0.1, 0.15) is 0 Å². The third-order valence-electron chi connectivity index (χ3n) is 2.92. The lowest BCUT2D eigenvalue weighted by Crippen LogP contribution is -2.41. The van der Waals surface area contributed by atoms with Gasteiger partial charge in [-0.1, -0.05) is 0 Å². The van der Waals surface area contributed by atoms with E-state index in [1.54, 1.807) is 4.72 Å². The summed E-state index contributed by atoms with van der Waals surface area (Å²) in [5.74, 6) is -3.39. The molecule has 0 amide bonds. The van der Waals surface area contributed by atoms with Crippen molar-refractivity contribution in [1.29, 1.82) is 0 Å². The summed E-state index contributed by atoms with van der Waals surface area (Å²) < 4.78 is 51.8. The smallest absolute Gasteiger partial charge is 0.273 e. The number of non-ortho nitro benzene ring substituents is 1. The lowest BCUT2D eigenvalue weighted by Gasteiger charge is -2.16. The number of nitro benzene ring substituents is 1. The molecule has 7 nitrogen and oxygen atoms in total. The zero-order valence-corrected chi connectivity index (χ0v) is 13.4. The second kappa shape index (κ2) is 7.27. The molecule has 0 aliphatic rings. The summed E-state index contributed by atoms with van der Waals surface area (Å²) in [5.41, 5.74) is 5.02. The van der Waals surface area contributed by atoms with Crippen LogP contribution in [0.25, 0.3) is 0 Å². The summed E-state index contributed by atoms with van der Waals surface area (Å²) in [6.45, 7) is 0.750. The number of nitrogens with two attached hydrogens (primary N) is 1. The summed E-state index contributed by atoms with van der Waals surface area (Å²) in [6.07, 6.45) is 0. The van der Waals surface area contributed by atoms with Crippen LogP contribution in [0.1, 0.15) is 11.1 Å². The number of nitrogens with zero attached hydrogens (tertiary/aromatic N) is 1. The Hall–Kier alpha value is -1.36. The van der Waals surface area contributed by atoms with E-state index in [-0.39, 0.29) is 18.0 Å². The second-order valence-electron chi connectivity index (χ2n) is 4.53. The van der Waals surface area contributed by atoms with Crippen molar-refractivity contribution in [2.75, 3.05) is 13.1 Å². The highest BCUT2D eigenvalue weighted by Crippen LogP contribution is 2.25. The molecule has 22 heavy (non-hydrogen) atoms. The zero-order valence-electron chi connectivity index (χ0n) is 11.8. The summed E-state index contributed by atoms with van der Waals surface area (Å²) in [6, 6.07) is 2.05. The van der Waals surface area contributed by atoms with Crippen LogP contribution in [-0.2, 0) is 10.0 Å². The molecule has 3 N–H and O–H groups in total. The van der Waals surface area contributed by atoms with Gasteiger partial charge in [-0.2, -0.15) is 0 Å². The van der Waals surface area contributed by atoms with Gasteiger partial charge in [0.25, 0.3) is 11.6 Å². The van der Waals surface area contributed by atoms with Crippen molar-refractivity contribution in [2.45, 2.75) is 24.7 Å². The lowest BCUT2D eigenvalue weighted by atomic mass is 10.1. The first kappa shape index (κ1) is 20.6. The molecule has 0 aliphatic carbocycles. The molecule has 0 aliphatic heterocycles. The molecule has 1 rings (SSSR count). The van der Waals surface area contributed by atoms with Crippen LogP contribution in [0.15, 0.2) is 17.0 Å². The predicted molar refractivity (Wildman–Crippen MR) is 79.0 cm³/mol. The third-order valence-corrected chi connectivity index (χ3v) is 4.45. The fraction of sp³-hybridized carbons (Fsp3) is 0.455. The van der Waals surface area contributed by atoms with Gasteiger partial charge in [0.2, 0.25) is 10.0 Å². The van der Waals surface area contributed by atoms with E-state index in [0.29, 0.717) is 5.56 Å². The number of aryl methyl sites for hydroxylation is 1. The number of alkyl halides is 2. The zero-order chi connectivity index (χ0) is 16.4. The maximum absolute atomic E-state index is 13.0. The van der Waals surface area contributed by atoms with Crippen molar-refractivity contribution in [2.24, 2.45) is 5.73 Å². The Labute approximate surface area is 132 Å². The standard InChI is InChI=1S/C11H15F2N3O4S.ClH/c1-7-3-9(16(17)18)4-10(8(7)2)21(19,20)15-6-11(12,13)5-14;/h3-4,15H,5-6,14H2,1-2H3;1H. The molecular weight excluding hydrogens is 344 g/mol. The fourth-order valence-corrected chi connectivity index (χ4v) is 2.94. The van der Waals surface area contributed by atoms with E-state index in [4.69, 9.17) is 5.73 Å². The maximum atomic E-state index is 13.0. The van der Waals surface area contributed by atoms with Gasteiger partial charge in [-0.25, -0.2) is 21.9 Å². The Morgan fingerprint density at radius 2 is 1.91 bits per heavy atom. The minimum absolute atomic E-state index is 0. The predicted octanol–water partition coefficient (Wildman–Crippen LogP) is 1.51. The largest absolute Gasteiger partial charge is 0.325 e. The van der Waals surface area contributed by atoms with Crippen LogP contribution in [0, 0.1) is 24.0 Å². The van der Waals surface area contributed by atoms with Gasteiger partial charge in [-0.05, 0) is 25.0 Å². The van der Waals surface area contributed by atoms with Crippen LogP contribution in [0.5, 0.6) is 0 Å². The van der Waals surface area contributed by atoms with E-state index in [1.807, 2.05) is 0 Å². The van der Waals surface area contributed by atoms with Gasteiger partial charge >= 0.3 is 0 Å². The van der Waals surface area contributed by atoms with Crippen molar-refractivity contribution in [3.05, 3.63) is 33.4 Å². The first-order valence-corrected chi connectivity index (χ1v) is 7.32. The summed E-state index contributed by atoms with van der Waals surface area (Å²) >= 11 is 0. The van der Waals surface area contributed by atoms with Crippen molar-refractivity contribution >= 4 is 28.1 Å². The fourth-order valence-electron chi connectivity index (χ4n) is 1.54. The molecule has 0 fully saturated rings. The lowest BCUT2D eigenvalue weighted by molar-refractivity contribution is -0.385. The second-order valence-corrected chi connectivity index (χ2v) is 6.26. The van der Waals surface area contributed by atoms with Crippen molar-refractivity contribution in [1.82, 2.24) is 4.72 Å². The number of hydrogen-bond donors (Lipinski definition) is 2. The third kappa shape index (κ3) is 4.83. The molecule has 0 radical (unpaired) electrons. The van der Waals surface area contributed by atoms with Crippen molar-refractivity contribution in [3.8, 4) is 0 Å². The summed E-state index contributed by atoms with van der Waals surface area (Å²) in [7, 11) is -4.30. The normalized spacial score (nSPS) is 11.9. The number of rotatable bonds is 6. The Morgan fingerprint density at radius 3 is 2.36 bits per heavy atom. The molecule has 0 heterocycles. The van der Waals surface area contributed by atoms with Crippen LogP contribution in [0.3, 0.4) is 0 Å². The highest BCUT2D eigenvalue weighted by atomic mass is 35.5. The molecule has 0 spiro atoms. The average Bonchev–Trinajstić information content (AvgIpc) is 2.39. The van der Waals surface area contributed by atoms with Gasteiger partial charge in [0.05, 0.1) is 22.9 Å².